The van der Waals surface area contributed by atoms with Gasteiger partial charge in [-0.25, -0.2) is 19.9 Å². The second kappa shape index (κ2) is 10.2. The fraction of sp³-hybridized carbons (Fsp3) is 0.423. The van der Waals surface area contributed by atoms with Gasteiger partial charge >= 0.3 is 0 Å². The number of benzene rings is 1. The molecule has 2 N–H and O–H groups in total. The lowest BCUT2D eigenvalue weighted by Gasteiger charge is -2.42. The van der Waals surface area contributed by atoms with Crippen LogP contribution in [0, 0.1) is 12.3 Å². The van der Waals surface area contributed by atoms with E-state index in [0.717, 1.165) is 48.1 Å². The minimum atomic E-state index is -0.188. The lowest BCUT2D eigenvalue weighted by atomic mass is 9.74. The molecular weight excluding hydrogens is 542 g/mol. The molecule has 4 heterocycles. The van der Waals surface area contributed by atoms with Crippen LogP contribution >= 0.6 is 34.7 Å². The first-order chi connectivity index (χ1) is 18.4. The van der Waals surface area contributed by atoms with Crippen molar-refractivity contribution in [1.29, 1.82) is 0 Å². The number of halogens is 1. The topological polar surface area (TPSA) is 112 Å². The number of thiazole rings is 1. The zero-order valence-corrected chi connectivity index (χ0v) is 23.6. The van der Waals surface area contributed by atoms with Gasteiger partial charge in [0.15, 0.2) is 0 Å². The molecule has 1 fully saturated rings. The zero-order valence-electron chi connectivity index (χ0n) is 21.2. The Bertz CT molecular complexity index is 1550. The average molecular weight is 570 g/mol. The van der Waals surface area contributed by atoms with Crippen molar-refractivity contribution < 1.29 is 4.74 Å². The Morgan fingerprint density at radius 2 is 2.05 bits per heavy atom. The Morgan fingerprint density at radius 3 is 2.76 bits per heavy atom. The smallest absolute Gasteiger partial charge is 0.262 e. The molecule has 38 heavy (non-hydrogen) atoms. The summed E-state index contributed by atoms with van der Waals surface area (Å²) >= 11 is 9.81. The van der Waals surface area contributed by atoms with E-state index in [1.165, 1.54) is 33.2 Å². The maximum Gasteiger partial charge on any atom is 0.262 e. The summed E-state index contributed by atoms with van der Waals surface area (Å²) in [4.78, 5) is 35.7. The molecule has 1 aliphatic heterocycles. The summed E-state index contributed by atoms with van der Waals surface area (Å²) in [7, 11) is 1.60. The van der Waals surface area contributed by atoms with Gasteiger partial charge in [0, 0.05) is 36.0 Å². The number of fused-ring (bicyclic) bond motifs is 2. The molecule has 3 aromatic heterocycles. The van der Waals surface area contributed by atoms with E-state index in [1.807, 2.05) is 12.3 Å². The highest BCUT2D eigenvalue weighted by Crippen LogP contribution is 2.52. The van der Waals surface area contributed by atoms with Crippen LogP contribution in [-0.4, -0.2) is 51.3 Å². The highest BCUT2D eigenvalue weighted by atomic mass is 35.5. The minimum absolute atomic E-state index is 0.0710. The van der Waals surface area contributed by atoms with Crippen LogP contribution in [0.1, 0.15) is 34.5 Å². The number of rotatable bonds is 6. The molecule has 6 rings (SSSR count). The van der Waals surface area contributed by atoms with Crippen molar-refractivity contribution in [3.05, 3.63) is 61.8 Å². The second-order valence-corrected chi connectivity index (χ2v) is 12.5. The van der Waals surface area contributed by atoms with Gasteiger partial charge in [0.2, 0.25) is 0 Å². The number of ether oxygens (including phenoxy) is 1. The molecule has 1 spiro atoms. The molecule has 2 aliphatic rings. The Morgan fingerprint density at radius 1 is 1.24 bits per heavy atom. The fourth-order valence-corrected chi connectivity index (χ4v) is 7.70. The number of hydrogen-bond acceptors (Lipinski definition) is 10. The summed E-state index contributed by atoms with van der Waals surface area (Å²) in [6, 6.07) is 3.74. The third kappa shape index (κ3) is 4.50. The number of piperidine rings is 1. The Kier molecular flexibility index (Phi) is 6.89. The van der Waals surface area contributed by atoms with Gasteiger partial charge in [0.25, 0.3) is 5.56 Å². The quantitative estimate of drug-likeness (QED) is 0.364. The maximum atomic E-state index is 13.0. The van der Waals surface area contributed by atoms with E-state index in [9.17, 15) is 4.79 Å². The normalized spacial score (nSPS) is 18.4. The number of hydrogen-bond donors (Lipinski definition) is 1. The van der Waals surface area contributed by atoms with Crippen molar-refractivity contribution in [1.82, 2.24) is 24.5 Å². The summed E-state index contributed by atoms with van der Waals surface area (Å²) in [5.41, 5.74) is 8.39. The van der Waals surface area contributed by atoms with Crippen molar-refractivity contribution >= 4 is 51.4 Å². The van der Waals surface area contributed by atoms with Crippen LogP contribution in [0.3, 0.4) is 0 Å². The molecule has 0 unspecified atom stereocenters. The standard InChI is InChI=1S/C26H28ClN7O2S2/c1-15-32-17-11-26(24(28)23(17)37-15)5-7-33(8-6-26)19-12-30-20(13-29-19)38-18-4-3-16-21(22(18)27)25(35)34(14-31-16)9-10-36-2/h3-4,12-14,24H,5-11,28H2,1-2H3/t24-/m1/s1. The molecule has 0 saturated carbocycles. The van der Waals surface area contributed by atoms with E-state index < -0.39 is 0 Å². The van der Waals surface area contributed by atoms with Crippen LogP contribution in [0.25, 0.3) is 10.9 Å². The van der Waals surface area contributed by atoms with E-state index in [0.29, 0.717) is 34.1 Å². The number of nitrogens with zero attached hydrogens (tertiary/aromatic N) is 6. The third-order valence-corrected chi connectivity index (χ3v) is 10.2. The van der Waals surface area contributed by atoms with E-state index in [2.05, 4.69) is 21.8 Å². The predicted molar refractivity (Wildman–Crippen MR) is 150 cm³/mol. The zero-order chi connectivity index (χ0) is 26.4. The van der Waals surface area contributed by atoms with Crippen molar-refractivity contribution in [3.8, 4) is 0 Å². The van der Waals surface area contributed by atoms with Crippen LogP contribution in [0.2, 0.25) is 5.02 Å². The molecule has 9 nitrogen and oxygen atoms in total. The third-order valence-electron chi connectivity index (χ3n) is 7.64. The molecular formula is C26H28ClN7O2S2. The number of aromatic nitrogens is 5. The monoisotopic (exact) mass is 569 g/mol. The van der Waals surface area contributed by atoms with Gasteiger partial charge in [0.05, 0.1) is 58.5 Å². The Labute approximate surface area is 233 Å². The highest BCUT2D eigenvalue weighted by Gasteiger charge is 2.48. The van der Waals surface area contributed by atoms with Gasteiger partial charge in [-0.05, 0) is 43.7 Å². The van der Waals surface area contributed by atoms with Gasteiger partial charge in [0.1, 0.15) is 10.8 Å². The molecule has 1 atom stereocenters. The summed E-state index contributed by atoms with van der Waals surface area (Å²) in [5, 5.41) is 2.57. The van der Waals surface area contributed by atoms with Crippen molar-refractivity contribution in [2.45, 2.75) is 48.7 Å². The molecule has 1 saturated heterocycles. The molecule has 4 aromatic rings. The van der Waals surface area contributed by atoms with E-state index >= 15 is 0 Å². The first-order valence-electron chi connectivity index (χ1n) is 12.5. The maximum absolute atomic E-state index is 13.0. The van der Waals surface area contributed by atoms with Gasteiger partial charge in [-0.2, -0.15) is 0 Å². The SMILES string of the molecule is COCCn1cnc2ccc(Sc3cnc(N4CCC5(CC4)Cc4nc(C)sc4[C@H]5N)cn3)c(Cl)c2c1=O. The summed E-state index contributed by atoms with van der Waals surface area (Å²) in [6.07, 6.45) is 8.09. The van der Waals surface area contributed by atoms with Crippen molar-refractivity contribution in [2.75, 3.05) is 31.7 Å². The minimum Gasteiger partial charge on any atom is -0.383 e. The number of nitrogens with two attached hydrogens (primary N) is 1. The van der Waals surface area contributed by atoms with Gasteiger partial charge < -0.3 is 15.4 Å². The van der Waals surface area contributed by atoms with Gasteiger partial charge in [-0.15, -0.1) is 11.3 Å². The van der Waals surface area contributed by atoms with Gasteiger partial charge in [-0.1, -0.05) is 23.4 Å². The highest BCUT2D eigenvalue weighted by molar-refractivity contribution is 7.99. The number of aryl methyl sites for hydroxylation is 1. The Hall–Kier alpha value is -2.57. The molecule has 0 radical (unpaired) electrons. The van der Waals surface area contributed by atoms with E-state index in [-0.39, 0.29) is 17.0 Å². The van der Waals surface area contributed by atoms with E-state index in [4.69, 9.17) is 32.0 Å². The summed E-state index contributed by atoms with van der Waals surface area (Å²) < 4.78 is 6.60. The first kappa shape index (κ1) is 25.7. The molecule has 1 aliphatic carbocycles. The molecule has 12 heteroatoms. The van der Waals surface area contributed by atoms with Gasteiger partial charge in [-0.3, -0.25) is 9.36 Å². The van der Waals surface area contributed by atoms with Crippen LogP contribution < -0.4 is 16.2 Å². The lowest BCUT2D eigenvalue weighted by molar-refractivity contribution is 0.186. The Balaban J connectivity index is 1.15. The van der Waals surface area contributed by atoms with Crippen LogP contribution in [-0.2, 0) is 17.7 Å². The summed E-state index contributed by atoms with van der Waals surface area (Å²) in [6.45, 7) is 4.66. The molecule has 198 valence electrons. The second-order valence-electron chi connectivity index (χ2n) is 9.87. The van der Waals surface area contributed by atoms with Crippen molar-refractivity contribution in [3.63, 3.8) is 0 Å². The molecule has 0 bridgehead atoms. The van der Waals surface area contributed by atoms with Crippen LogP contribution in [0.4, 0.5) is 5.82 Å². The predicted octanol–water partition coefficient (Wildman–Crippen LogP) is 4.25. The first-order valence-corrected chi connectivity index (χ1v) is 14.5. The molecule has 0 amide bonds. The number of methoxy groups -OCH3 is 1. The molecule has 1 aromatic carbocycles. The largest absolute Gasteiger partial charge is 0.383 e. The number of anilines is 1. The van der Waals surface area contributed by atoms with Crippen LogP contribution in [0.15, 0.2) is 45.6 Å². The lowest BCUT2D eigenvalue weighted by Crippen LogP contribution is -2.44. The summed E-state index contributed by atoms with van der Waals surface area (Å²) in [5.74, 6) is 0.856. The average Bonchev–Trinajstić information content (AvgIpc) is 3.40. The van der Waals surface area contributed by atoms with Crippen LogP contribution in [0.5, 0.6) is 0 Å². The fourth-order valence-electron chi connectivity index (χ4n) is 5.50. The van der Waals surface area contributed by atoms with Crippen molar-refractivity contribution in [2.24, 2.45) is 11.1 Å². The van der Waals surface area contributed by atoms with E-state index in [1.54, 1.807) is 30.7 Å².